The van der Waals surface area contributed by atoms with Crippen LogP contribution in [-0.4, -0.2) is 36.7 Å². The van der Waals surface area contributed by atoms with Crippen LogP contribution in [0.3, 0.4) is 0 Å². The van der Waals surface area contributed by atoms with Crippen LogP contribution in [0.5, 0.6) is 0 Å². The molecule has 0 bridgehead atoms. The van der Waals surface area contributed by atoms with E-state index in [1.165, 1.54) is 30.5 Å². The van der Waals surface area contributed by atoms with Crippen molar-refractivity contribution in [2.45, 2.75) is 31.3 Å². The summed E-state index contributed by atoms with van der Waals surface area (Å²) in [5.74, 6) is -3.86. The third-order valence-corrected chi connectivity index (χ3v) is 5.95. The van der Waals surface area contributed by atoms with Crippen molar-refractivity contribution in [2.24, 2.45) is 0 Å². The first-order valence-corrected chi connectivity index (χ1v) is 11.3. The van der Waals surface area contributed by atoms with Crippen molar-refractivity contribution in [3.63, 3.8) is 0 Å². The Morgan fingerprint density at radius 2 is 1.77 bits per heavy atom. The molecular formula is C26H25F4N3O2. The van der Waals surface area contributed by atoms with Crippen LogP contribution in [0, 0.1) is 23.3 Å². The minimum atomic E-state index is -0.788. The summed E-state index contributed by atoms with van der Waals surface area (Å²) in [5, 5.41) is 5.91. The predicted molar refractivity (Wildman–Crippen MR) is 123 cm³/mol. The number of amides is 1. The quantitative estimate of drug-likeness (QED) is 0.452. The van der Waals surface area contributed by atoms with Crippen molar-refractivity contribution in [1.82, 2.24) is 10.3 Å². The molecule has 2 aromatic carbocycles. The number of nitrogens with one attached hydrogen (secondary N) is 2. The number of rotatable bonds is 8. The zero-order valence-electron chi connectivity index (χ0n) is 18.9. The highest BCUT2D eigenvalue weighted by atomic mass is 19.1. The van der Waals surface area contributed by atoms with Gasteiger partial charge in [-0.3, -0.25) is 9.78 Å². The van der Waals surface area contributed by atoms with E-state index in [2.05, 4.69) is 15.6 Å². The summed E-state index contributed by atoms with van der Waals surface area (Å²) >= 11 is 0. The fraction of sp³-hybridized carbons (Fsp3) is 0.308. The SMILES string of the molecule is O=C(C[C@@H](c1ccc(F)cc1)c1cc(F)cc(F)c1)Nc1cncc(F)c1CC[C@@H]1CNCCO1. The predicted octanol–water partition coefficient (Wildman–Crippen LogP) is 4.72. The van der Waals surface area contributed by atoms with Gasteiger partial charge in [-0.25, -0.2) is 17.6 Å². The molecule has 0 spiro atoms. The van der Waals surface area contributed by atoms with E-state index in [0.717, 1.165) is 30.9 Å². The van der Waals surface area contributed by atoms with E-state index in [1.54, 1.807) is 0 Å². The number of benzene rings is 2. The monoisotopic (exact) mass is 487 g/mol. The summed E-state index contributed by atoms with van der Waals surface area (Å²) in [7, 11) is 0. The van der Waals surface area contributed by atoms with E-state index >= 15 is 0 Å². The van der Waals surface area contributed by atoms with Gasteiger partial charge in [-0.2, -0.15) is 0 Å². The van der Waals surface area contributed by atoms with Gasteiger partial charge in [-0.05, 0) is 48.2 Å². The number of morpholine rings is 1. The van der Waals surface area contributed by atoms with Gasteiger partial charge in [0.05, 0.1) is 30.8 Å². The third kappa shape index (κ3) is 6.64. The van der Waals surface area contributed by atoms with Crippen molar-refractivity contribution in [1.29, 1.82) is 0 Å². The molecule has 2 N–H and O–H groups in total. The van der Waals surface area contributed by atoms with E-state index in [-0.39, 0.29) is 23.8 Å². The number of carbonyl (C=O) groups excluding carboxylic acids is 1. The highest BCUT2D eigenvalue weighted by molar-refractivity contribution is 5.92. The molecule has 1 aromatic heterocycles. The second-order valence-corrected chi connectivity index (χ2v) is 8.44. The molecule has 0 unspecified atom stereocenters. The van der Waals surface area contributed by atoms with E-state index in [9.17, 15) is 22.4 Å². The summed E-state index contributed by atoms with van der Waals surface area (Å²) in [6.07, 6.45) is 3.06. The number of anilines is 1. The van der Waals surface area contributed by atoms with Crippen molar-refractivity contribution >= 4 is 11.6 Å². The Morgan fingerprint density at radius 1 is 1.03 bits per heavy atom. The highest BCUT2D eigenvalue weighted by Gasteiger charge is 2.22. The third-order valence-electron chi connectivity index (χ3n) is 5.95. The molecule has 1 fully saturated rings. The van der Waals surface area contributed by atoms with Crippen LogP contribution in [0.25, 0.3) is 0 Å². The highest BCUT2D eigenvalue weighted by Crippen LogP contribution is 2.30. The molecule has 2 atom stereocenters. The van der Waals surface area contributed by atoms with Crippen molar-refractivity contribution in [3.05, 3.63) is 94.8 Å². The van der Waals surface area contributed by atoms with Crippen LogP contribution >= 0.6 is 0 Å². The minimum Gasteiger partial charge on any atom is -0.376 e. The number of ether oxygens (including phenoxy) is 1. The molecule has 35 heavy (non-hydrogen) atoms. The molecular weight excluding hydrogens is 462 g/mol. The second-order valence-electron chi connectivity index (χ2n) is 8.44. The average Bonchev–Trinajstić information content (AvgIpc) is 2.83. The maximum absolute atomic E-state index is 14.6. The van der Waals surface area contributed by atoms with Crippen LogP contribution in [-0.2, 0) is 16.0 Å². The number of pyridine rings is 1. The van der Waals surface area contributed by atoms with Crippen molar-refractivity contribution < 1.29 is 27.1 Å². The number of nitrogens with zero attached hydrogens (tertiary/aromatic N) is 1. The topological polar surface area (TPSA) is 63.2 Å². The molecule has 184 valence electrons. The van der Waals surface area contributed by atoms with Gasteiger partial charge in [-0.1, -0.05) is 12.1 Å². The van der Waals surface area contributed by atoms with Gasteiger partial charge in [0.25, 0.3) is 0 Å². The Kier molecular flexibility index (Phi) is 8.09. The summed E-state index contributed by atoms with van der Waals surface area (Å²) in [5.41, 5.74) is 1.26. The maximum Gasteiger partial charge on any atom is 0.225 e. The standard InChI is InChI=1S/C26H25F4N3O2/c27-18-3-1-16(2-4-18)23(17-9-19(28)11-20(29)10-17)12-26(34)33-25-15-32-14-24(30)22(25)6-5-21-13-31-7-8-35-21/h1-4,9-11,14-15,21,23,31H,5-8,12-13H2,(H,33,34)/t21-,23+/m1/s1. The normalized spacial score (nSPS) is 16.6. The molecule has 1 aliphatic heterocycles. The molecule has 1 saturated heterocycles. The number of hydrogen-bond donors (Lipinski definition) is 2. The molecule has 9 heteroatoms. The maximum atomic E-state index is 14.6. The lowest BCUT2D eigenvalue weighted by atomic mass is 9.88. The van der Waals surface area contributed by atoms with Gasteiger partial charge in [0.15, 0.2) is 0 Å². The molecule has 0 saturated carbocycles. The van der Waals surface area contributed by atoms with E-state index in [0.29, 0.717) is 37.1 Å². The summed E-state index contributed by atoms with van der Waals surface area (Å²) in [6.45, 7) is 2.02. The summed E-state index contributed by atoms with van der Waals surface area (Å²) in [4.78, 5) is 16.9. The minimum absolute atomic E-state index is 0.0643. The number of hydrogen-bond acceptors (Lipinski definition) is 4. The molecule has 4 rings (SSSR count). The number of aromatic nitrogens is 1. The average molecular weight is 487 g/mol. The summed E-state index contributed by atoms with van der Waals surface area (Å²) in [6, 6.07) is 8.36. The van der Waals surface area contributed by atoms with Gasteiger partial charge in [0.2, 0.25) is 5.91 Å². The van der Waals surface area contributed by atoms with Crippen molar-refractivity contribution in [2.75, 3.05) is 25.0 Å². The molecule has 2 heterocycles. The Morgan fingerprint density at radius 3 is 2.46 bits per heavy atom. The zero-order chi connectivity index (χ0) is 24.8. The second kappa shape index (κ2) is 11.4. The molecule has 1 amide bonds. The van der Waals surface area contributed by atoms with Crippen LogP contribution < -0.4 is 10.6 Å². The first kappa shape index (κ1) is 24.8. The largest absolute Gasteiger partial charge is 0.376 e. The molecule has 5 nitrogen and oxygen atoms in total. The van der Waals surface area contributed by atoms with Gasteiger partial charge < -0.3 is 15.4 Å². The fourth-order valence-electron chi connectivity index (χ4n) is 4.22. The van der Waals surface area contributed by atoms with Crippen LogP contribution in [0.4, 0.5) is 23.2 Å². The van der Waals surface area contributed by atoms with Gasteiger partial charge >= 0.3 is 0 Å². The molecule has 1 aliphatic rings. The lowest BCUT2D eigenvalue weighted by Gasteiger charge is -2.24. The van der Waals surface area contributed by atoms with Crippen LogP contribution in [0.1, 0.15) is 35.4 Å². The van der Waals surface area contributed by atoms with Crippen molar-refractivity contribution in [3.8, 4) is 0 Å². The smallest absolute Gasteiger partial charge is 0.225 e. The van der Waals surface area contributed by atoms with Crippen LogP contribution in [0.2, 0.25) is 0 Å². The van der Waals surface area contributed by atoms with Crippen LogP contribution in [0.15, 0.2) is 54.9 Å². The number of carbonyl (C=O) groups is 1. The Hall–Kier alpha value is -3.30. The van der Waals surface area contributed by atoms with Gasteiger partial charge in [0.1, 0.15) is 23.3 Å². The molecule has 0 radical (unpaired) electrons. The lowest BCUT2D eigenvalue weighted by molar-refractivity contribution is -0.116. The van der Waals surface area contributed by atoms with E-state index < -0.39 is 35.1 Å². The van der Waals surface area contributed by atoms with Gasteiger partial charge in [-0.15, -0.1) is 0 Å². The first-order valence-electron chi connectivity index (χ1n) is 11.3. The Balaban J connectivity index is 1.53. The zero-order valence-corrected chi connectivity index (χ0v) is 18.9. The van der Waals surface area contributed by atoms with E-state index in [1.807, 2.05) is 0 Å². The fourth-order valence-corrected chi connectivity index (χ4v) is 4.22. The van der Waals surface area contributed by atoms with E-state index in [4.69, 9.17) is 4.74 Å². The first-order chi connectivity index (χ1) is 16.9. The van der Waals surface area contributed by atoms with Gasteiger partial charge in [0, 0.05) is 37.1 Å². The Labute approximate surface area is 200 Å². The number of halogens is 4. The lowest BCUT2D eigenvalue weighted by Crippen LogP contribution is -2.38. The summed E-state index contributed by atoms with van der Waals surface area (Å²) < 4.78 is 61.6. The Bertz CT molecular complexity index is 1150. The molecule has 3 aromatic rings. The molecule has 0 aliphatic carbocycles.